The van der Waals surface area contributed by atoms with Crippen LogP contribution < -0.4 is 16.0 Å². The van der Waals surface area contributed by atoms with Crippen molar-refractivity contribution in [2.45, 2.75) is 6.42 Å². The van der Waals surface area contributed by atoms with Gasteiger partial charge in [0.1, 0.15) is 6.33 Å². The molecule has 1 saturated heterocycles. The number of imidazole rings is 1. The molecule has 3 rings (SSSR count). The van der Waals surface area contributed by atoms with Crippen LogP contribution in [0.4, 0.5) is 11.9 Å². The Bertz CT molecular complexity index is 611. The quantitative estimate of drug-likeness (QED) is 0.719. The standard InChI is InChI=1S/C11H14N8O/c12-9-15-10(18-4-1-2-14-8(20)6-18)17-11(16-9)19-5-3-13-7-19/h3,5,7H,1-2,4,6H2,(H,14,20)(H2,12,15,16,17). The SMILES string of the molecule is Nc1nc(N2CCCNC(=O)C2)nc(-n2ccnc2)n1. The van der Waals surface area contributed by atoms with Crippen molar-refractivity contribution in [2.24, 2.45) is 0 Å². The van der Waals surface area contributed by atoms with Crippen LogP contribution >= 0.6 is 0 Å². The monoisotopic (exact) mass is 274 g/mol. The van der Waals surface area contributed by atoms with E-state index >= 15 is 0 Å². The van der Waals surface area contributed by atoms with Crippen molar-refractivity contribution in [1.29, 1.82) is 0 Å². The molecule has 2 aromatic heterocycles. The van der Waals surface area contributed by atoms with E-state index in [2.05, 4.69) is 25.3 Å². The zero-order valence-electron chi connectivity index (χ0n) is 10.7. The van der Waals surface area contributed by atoms with Gasteiger partial charge in [0.2, 0.25) is 23.8 Å². The molecule has 1 amide bonds. The molecule has 3 N–H and O–H groups in total. The Hall–Kier alpha value is -2.71. The van der Waals surface area contributed by atoms with Gasteiger partial charge in [-0.1, -0.05) is 0 Å². The van der Waals surface area contributed by atoms with Crippen LogP contribution in [0.3, 0.4) is 0 Å². The molecular formula is C11H14N8O. The summed E-state index contributed by atoms with van der Waals surface area (Å²) in [6.07, 6.45) is 5.75. The summed E-state index contributed by atoms with van der Waals surface area (Å²) >= 11 is 0. The molecule has 0 aromatic carbocycles. The van der Waals surface area contributed by atoms with E-state index in [0.29, 0.717) is 25.0 Å². The normalized spacial score (nSPS) is 15.8. The maximum Gasteiger partial charge on any atom is 0.241 e. The van der Waals surface area contributed by atoms with Crippen LogP contribution in [0.2, 0.25) is 0 Å². The van der Waals surface area contributed by atoms with Gasteiger partial charge in [-0.25, -0.2) is 4.98 Å². The minimum absolute atomic E-state index is 0.0503. The average Bonchev–Trinajstić information content (AvgIpc) is 2.87. The van der Waals surface area contributed by atoms with Crippen molar-refractivity contribution in [3.8, 4) is 5.95 Å². The molecule has 0 bridgehead atoms. The maximum absolute atomic E-state index is 11.6. The number of carbonyl (C=O) groups is 1. The summed E-state index contributed by atoms with van der Waals surface area (Å²) in [6.45, 7) is 1.56. The molecule has 0 radical (unpaired) electrons. The molecule has 104 valence electrons. The van der Waals surface area contributed by atoms with Gasteiger partial charge >= 0.3 is 0 Å². The summed E-state index contributed by atoms with van der Waals surface area (Å²) < 4.78 is 1.64. The second kappa shape index (κ2) is 5.11. The van der Waals surface area contributed by atoms with Gasteiger partial charge in [0, 0.05) is 25.5 Å². The first-order chi connectivity index (χ1) is 9.72. The van der Waals surface area contributed by atoms with Crippen LogP contribution in [0.15, 0.2) is 18.7 Å². The summed E-state index contributed by atoms with van der Waals surface area (Å²) in [4.78, 5) is 29.8. The molecule has 1 fully saturated rings. The van der Waals surface area contributed by atoms with Crippen molar-refractivity contribution < 1.29 is 4.79 Å². The summed E-state index contributed by atoms with van der Waals surface area (Å²) in [5.41, 5.74) is 5.72. The second-order valence-electron chi connectivity index (χ2n) is 4.39. The minimum Gasteiger partial charge on any atom is -0.368 e. The number of nitrogens with zero attached hydrogens (tertiary/aromatic N) is 6. The Morgan fingerprint density at radius 1 is 1.25 bits per heavy atom. The zero-order chi connectivity index (χ0) is 13.9. The average molecular weight is 274 g/mol. The van der Waals surface area contributed by atoms with Gasteiger partial charge in [-0.15, -0.1) is 0 Å². The van der Waals surface area contributed by atoms with Crippen molar-refractivity contribution in [3.63, 3.8) is 0 Å². The number of carbonyl (C=O) groups excluding carboxylic acids is 1. The van der Waals surface area contributed by atoms with Gasteiger partial charge in [-0.2, -0.15) is 15.0 Å². The van der Waals surface area contributed by atoms with E-state index in [9.17, 15) is 4.79 Å². The van der Waals surface area contributed by atoms with Crippen LogP contribution in [0.5, 0.6) is 0 Å². The molecular weight excluding hydrogens is 260 g/mol. The minimum atomic E-state index is -0.0503. The number of anilines is 2. The molecule has 9 heteroatoms. The molecule has 2 aromatic rings. The van der Waals surface area contributed by atoms with E-state index in [0.717, 1.165) is 6.42 Å². The summed E-state index contributed by atoms with van der Waals surface area (Å²) in [5, 5.41) is 2.80. The first kappa shape index (κ1) is 12.3. The largest absolute Gasteiger partial charge is 0.368 e. The molecule has 1 aliphatic rings. The van der Waals surface area contributed by atoms with Crippen molar-refractivity contribution in [2.75, 3.05) is 30.3 Å². The number of nitrogens with one attached hydrogen (secondary N) is 1. The lowest BCUT2D eigenvalue weighted by atomic mass is 10.4. The molecule has 20 heavy (non-hydrogen) atoms. The molecule has 9 nitrogen and oxygen atoms in total. The highest BCUT2D eigenvalue weighted by Crippen LogP contribution is 2.13. The fraction of sp³-hybridized carbons (Fsp3) is 0.364. The van der Waals surface area contributed by atoms with Gasteiger partial charge in [0.05, 0.1) is 6.54 Å². The maximum atomic E-state index is 11.6. The van der Waals surface area contributed by atoms with Crippen LogP contribution in [0.25, 0.3) is 5.95 Å². The molecule has 0 spiro atoms. The van der Waals surface area contributed by atoms with Gasteiger partial charge in [0.15, 0.2) is 0 Å². The number of hydrogen-bond donors (Lipinski definition) is 2. The number of rotatable bonds is 2. The van der Waals surface area contributed by atoms with Gasteiger partial charge in [-0.05, 0) is 6.42 Å². The third-order valence-electron chi connectivity index (χ3n) is 2.91. The first-order valence-corrected chi connectivity index (χ1v) is 6.24. The number of hydrogen-bond acceptors (Lipinski definition) is 7. The molecule has 0 aliphatic carbocycles. The zero-order valence-corrected chi connectivity index (χ0v) is 10.7. The Balaban J connectivity index is 1.94. The molecule has 0 unspecified atom stereocenters. The van der Waals surface area contributed by atoms with Crippen molar-refractivity contribution >= 4 is 17.8 Å². The number of nitrogen functional groups attached to an aromatic ring is 1. The Morgan fingerprint density at radius 3 is 2.90 bits per heavy atom. The lowest BCUT2D eigenvalue weighted by molar-refractivity contribution is -0.119. The Kier molecular flexibility index (Phi) is 3.15. The van der Waals surface area contributed by atoms with Crippen molar-refractivity contribution in [3.05, 3.63) is 18.7 Å². The molecule has 0 atom stereocenters. The summed E-state index contributed by atoms with van der Waals surface area (Å²) in [5.74, 6) is 0.849. The smallest absolute Gasteiger partial charge is 0.241 e. The van der Waals surface area contributed by atoms with E-state index in [-0.39, 0.29) is 18.4 Å². The highest BCUT2D eigenvalue weighted by molar-refractivity contribution is 5.81. The highest BCUT2D eigenvalue weighted by Gasteiger charge is 2.18. The van der Waals surface area contributed by atoms with Gasteiger partial charge in [-0.3, -0.25) is 9.36 Å². The van der Waals surface area contributed by atoms with Crippen LogP contribution in [0.1, 0.15) is 6.42 Å². The third kappa shape index (κ3) is 2.51. The van der Waals surface area contributed by atoms with Crippen LogP contribution in [0, 0.1) is 0 Å². The molecule has 0 saturated carbocycles. The van der Waals surface area contributed by atoms with Crippen LogP contribution in [-0.4, -0.2) is 50.0 Å². The topological polar surface area (TPSA) is 115 Å². The van der Waals surface area contributed by atoms with E-state index in [4.69, 9.17) is 5.73 Å². The van der Waals surface area contributed by atoms with Gasteiger partial charge < -0.3 is 16.0 Å². The lowest BCUT2D eigenvalue weighted by Gasteiger charge is -2.19. The number of aromatic nitrogens is 5. The summed E-state index contributed by atoms with van der Waals surface area (Å²) in [6, 6.07) is 0. The lowest BCUT2D eigenvalue weighted by Crippen LogP contribution is -2.34. The van der Waals surface area contributed by atoms with Crippen LogP contribution in [-0.2, 0) is 4.79 Å². The van der Waals surface area contributed by atoms with Crippen molar-refractivity contribution in [1.82, 2.24) is 29.8 Å². The predicted octanol–water partition coefficient (Wildman–Crippen LogP) is -1.03. The van der Waals surface area contributed by atoms with E-state index in [1.54, 1.807) is 28.2 Å². The Labute approximate surface area is 114 Å². The van der Waals surface area contributed by atoms with Gasteiger partial charge in [0.25, 0.3) is 0 Å². The third-order valence-corrected chi connectivity index (χ3v) is 2.91. The van der Waals surface area contributed by atoms with E-state index in [1.165, 1.54) is 0 Å². The molecule has 3 heterocycles. The first-order valence-electron chi connectivity index (χ1n) is 6.24. The fourth-order valence-corrected chi connectivity index (χ4v) is 1.98. The van der Waals surface area contributed by atoms with E-state index < -0.39 is 0 Å². The summed E-state index contributed by atoms with van der Waals surface area (Å²) in [7, 11) is 0. The highest BCUT2D eigenvalue weighted by atomic mass is 16.2. The second-order valence-corrected chi connectivity index (χ2v) is 4.39. The predicted molar refractivity (Wildman–Crippen MR) is 71.2 cm³/mol. The number of nitrogens with two attached hydrogens (primary N) is 1. The Morgan fingerprint density at radius 2 is 2.10 bits per heavy atom. The number of amides is 1. The fourth-order valence-electron chi connectivity index (χ4n) is 1.98. The molecule has 1 aliphatic heterocycles. The van der Waals surface area contributed by atoms with E-state index in [1.807, 2.05) is 0 Å².